The summed E-state index contributed by atoms with van der Waals surface area (Å²) in [6, 6.07) is 16.0. The maximum Gasteiger partial charge on any atom is 0.213 e. The number of benzene rings is 1. The number of ketones is 1. The van der Waals surface area contributed by atoms with Gasteiger partial charge in [0.15, 0.2) is 5.82 Å². The molecule has 0 saturated carbocycles. The first-order valence-corrected chi connectivity index (χ1v) is 6.78. The van der Waals surface area contributed by atoms with E-state index < -0.39 is 0 Å². The first-order valence-electron chi connectivity index (χ1n) is 6.78. The molecule has 108 valence electrons. The molecule has 0 bridgehead atoms. The van der Waals surface area contributed by atoms with Crippen molar-refractivity contribution >= 4 is 23.0 Å². The summed E-state index contributed by atoms with van der Waals surface area (Å²) in [7, 11) is 0. The molecule has 0 aliphatic heterocycles. The van der Waals surface area contributed by atoms with E-state index in [2.05, 4.69) is 15.3 Å². The highest BCUT2D eigenvalue weighted by Gasteiger charge is 2.15. The second kappa shape index (κ2) is 6.05. The Kier molecular flexibility index (Phi) is 3.78. The van der Waals surface area contributed by atoms with Crippen molar-refractivity contribution in [2.24, 2.45) is 0 Å². The van der Waals surface area contributed by atoms with Crippen molar-refractivity contribution in [2.75, 3.05) is 11.1 Å². The fourth-order valence-corrected chi connectivity index (χ4v) is 2.07. The average Bonchev–Trinajstić information content (AvgIpc) is 2.58. The van der Waals surface area contributed by atoms with Gasteiger partial charge in [-0.25, -0.2) is 4.98 Å². The minimum absolute atomic E-state index is 0.154. The molecule has 0 fully saturated rings. The van der Waals surface area contributed by atoms with E-state index in [9.17, 15) is 4.79 Å². The first-order chi connectivity index (χ1) is 10.8. The smallest absolute Gasteiger partial charge is 0.213 e. The number of nitrogens with one attached hydrogen (secondary N) is 1. The minimum atomic E-state index is -0.154. The largest absolute Gasteiger partial charge is 0.396 e. The number of hydrogen-bond donors (Lipinski definition) is 2. The zero-order valence-electron chi connectivity index (χ0n) is 11.7. The second-order valence-corrected chi connectivity index (χ2v) is 4.66. The molecule has 3 N–H and O–H groups in total. The summed E-state index contributed by atoms with van der Waals surface area (Å²) in [5.74, 6) is 0.363. The van der Waals surface area contributed by atoms with Gasteiger partial charge < -0.3 is 11.1 Å². The molecule has 0 unspecified atom stereocenters. The Morgan fingerprint density at radius 2 is 1.68 bits per heavy atom. The Balaban J connectivity index is 1.97. The van der Waals surface area contributed by atoms with E-state index in [0.29, 0.717) is 28.5 Å². The Morgan fingerprint density at radius 1 is 0.909 bits per heavy atom. The number of hydrogen-bond acceptors (Lipinski definition) is 5. The van der Waals surface area contributed by atoms with Crippen molar-refractivity contribution in [2.45, 2.75) is 0 Å². The van der Waals surface area contributed by atoms with Crippen molar-refractivity contribution in [3.8, 4) is 0 Å². The van der Waals surface area contributed by atoms with Gasteiger partial charge in [0.05, 0.1) is 11.4 Å². The van der Waals surface area contributed by atoms with Crippen LogP contribution in [0.5, 0.6) is 0 Å². The third kappa shape index (κ3) is 2.78. The topological polar surface area (TPSA) is 80.9 Å². The van der Waals surface area contributed by atoms with E-state index in [1.165, 1.54) is 0 Å². The van der Waals surface area contributed by atoms with Crippen LogP contribution < -0.4 is 11.1 Å². The molecule has 0 aliphatic carbocycles. The highest BCUT2D eigenvalue weighted by atomic mass is 16.1. The Bertz CT molecular complexity index is 803. The fourth-order valence-electron chi connectivity index (χ4n) is 2.07. The summed E-state index contributed by atoms with van der Waals surface area (Å²) in [6.45, 7) is 0. The molecule has 2 heterocycles. The van der Waals surface area contributed by atoms with E-state index in [4.69, 9.17) is 5.73 Å². The van der Waals surface area contributed by atoms with E-state index in [-0.39, 0.29) is 5.78 Å². The standard InChI is InChI=1S/C17H14N4O/c18-13-7-5-11-20-17(13)21-14-8-2-1-6-12(14)16(22)15-9-3-4-10-19-15/h1-11H,18H2,(H,20,21). The number of nitrogen functional groups attached to an aromatic ring is 1. The van der Waals surface area contributed by atoms with Gasteiger partial charge in [-0.15, -0.1) is 0 Å². The molecule has 0 atom stereocenters. The number of nitrogens with two attached hydrogens (primary N) is 1. The van der Waals surface area contributed by atoms with Crippen molar-refractivity contribution in [1.82, 2.24) is 9.97 Å². The molecule has 0 spiro atoms. The van der Waals surface area contributed by atoms with Crippen LogP contribution in [0.1, 0.15) is 16.1 Å². The van der Waals surface area contributed by atoms with E-state index >= 15 is 0 Å². The highest BCUT2D eigenvalue weighted by molar-refractivity contribution is 6.11. The zero-order chi connectivity index (χ0) is 15.4. The Morgan fingerprint density at radius 3 is 2.45 bits per heavy atom. The maximum absolute atomic E-state index is 12.6. The Hall–Kier alpha value is -3.21. The lowest BCUT2D eigenvalue weighted by atomic mass is 10.1. The molecular weight excluding hydrogens is 276 g/mol. The number of rotatable bonds is 4. The molecule has 0 saturated heterocycles. The molecule has 5 heteroatoms. The summed E-state index contributed by atoms with van der Waals surface area (Å²) < 4.78 is 0. The predicted molar refractivity (Wildman–Crippen MR) is 86.0 cm³/mol. The van der Waals surface area contributed by atoms with Gasteiger partial charge in [0.2, 0.25) is 5.78 Å². The molecule has 0 amide bonds. The fraction of sp³-hybridized carbons (Fsp3) is 0. The third-order valence-electron chi connectivity index (χ3n) is 3.16. The molecule has 0 aliphatic rings. The lowest BCUT2D eigenvalue weighted by Gasteiger charge is -2.11. The predicted octanol–water partition coefficient (Wildman–Crippen LogP) is 3.03. The number of aromatic nitrogens is 2. The van der Waals surface area contributed by atoms with Crippen LogP contribution >= 0.6 is 0 Å². The van der Waals surface area contributed by atoms with Crippen LogP contribution in [0.25, 0.3) is 0 Å². The Labute approximate surface area is 127 Å². The lowest BCUT2D eigenvalue weighted by molar-refractivity contribution is 0.103. The summed E-state index contributed by atoms with van der Waals surface area (Å²) in [5.41, 5.74) is 7.96. The van der Waals surface area contributed by atoms with Crippen LogP contribution in [-0.2, 0) is 0 Å². The molecule has 1 aromatic carbocycles. The van der Waals surface area contributed by atoms with E-state index in [1.807, 2.05) is 18.2 Å². The number of anilines is 3. The van der Waals surface area contributed by atoms with E-state index in [1.54, 1.807) is 48.8 Å². The van der Waals surface area contributed by atoms with Crippen LogP contribution in [0, 0.1) is 0 Å². The van der Waals surface area contributed by atoms with Gasteiger partial charge in [-0.3, -0.25) is 9.78 Å². The second-order valence-electron chi connectivity index (χ2n) is 4.66. The average molecular weight is 290 g/mol. The van der Waals surface area contributed by atoms with Crippen molar-refractivity contribution in [3.05, 3.63) is 78.2 Å². The number of carbonyl (C=O) groups is 1. The van der Waals surface area contributed by atoms with Crippen LogP contribution in [0.15, 0.2) is 67.0 Å². The van der Waals surface area contributed by atoms with Gasteiger partial charge in [-0.05, 0) is 36.4 Å². The summed E-state index contributed by atoms with van der Waals surface area (Å²) >= 11 is 0. The van der Waals surface area contributed by atoms with Crippen LogP contribution in [0.2, 0.25) is 0 Å². The first kappa shape index (κ1) is 13.8. The summed E-state index contributed by atoms with van der Waals surface area (Å²) in [4.78, 5) is 20.9. The molecule has 0 radical (unpaired) electrons. The quantitative estimate of drug-likeness (QED) is 0.722. The normalized spacial score (nSPS) is 10.2. The molecule has 5 nitrogen and oxygen atoms in total. The zero-order valence-corrected chi connectivity index (χ0v) is 11.7. The summed E-state index contributed by atoms with van der Waals surface area (Å²) in [5, 5.41) is 3.11. The van der Waals surface area contributed by atoms with E-state index in [0.717, 1.165) is 0 Å². The molecule has 3 rings (SSSR count). The monoisotopic (exact) mass is 290 g/mol. The molecule has 3 aromatic rings. The maximum atomic E-state index is 12.6. The van der Waals surface area contributed by atoms with Crippen molar-refractivity contribution < 1.29 is 4.79 Å². The SMILES string of the molecule is Nc1cccnc1Nc1ccccc1C(=O)c1ccccn1. The number of pyridine rings is 2. The van der Waals surface area contributed by atoms with Crippen LogP contribution in [0.3, 0.4) is 0 Å². The number of para-hydroxylation sites is 1. The molecular formula is C17H14N4O. The van der Waals surface area contributed by atoms with Crippen molar-refractivity contribution in [3.63, 3.8) is 0 Å². The highest BCUT2D eigenvalue weighted by Crippen LogP contribution is 2.24. The van der Waals surface area contributed by atoms with Gasteiger partial charge in [0.1, 0.15) is 5.69 Å². The van der Waals surface area contributed by atoms with Crippen molar-refractivity contribution in [1.29, 1.82) is 0 Å². The number of carbonyl (C=O) groups excluding carboxylic acids is 1. The van der Waals surface area contributed by atoms with Gasteiger partial charge in [0.25, 0.3) is 0 Å². The molecule has 2 aromatic heterocycles. The third-order valence-corrected chi connectivity index (χ3v) is 3.16. The van der Waals surface area contributed by atoms with Gasteiger partial charge in [0, 0.05) is 18.0 Å². The van der Waals surface area contributed by atoms with Gasteiger partial charge in [-0.1, -0.05) is 18.2 Å². The van der Waals surface area contributed by atoms with Crippen LogP contribution in [0.4, 0.5) is 17.2 Å². The molecule has 22 heavy (non-hydrogen) atoms. The lowest BCUT2D eigenvalue weighted by Crippen LogP contribution is -2.08. The summed E-state index contributed by atoms with van der Waals surface area (Å²) in [6.07, 6.45) is 3.24. The van der Waals surface area contributed by atoms with Crippen LogP contribution in [-0.4, -0.2) is 15.8 Å². The van der Waals surface area contributed by atoms with Gasteiger partial charge in [-0.2, -0.15) is 0 Å². The minimum Gasteiger partial charge on any atom is -0.396 e. The number of nitrogens with zero attached hydrogens (tertiary/aromatic N) is 2. The van der Waals surface area contributed by atoms with Gasteiger partial charge >= 0.3 is 0 Å².